The van der Waals surface area contributed by atoms with Gasteiger partial charge in [0.2, 0.25) is 5.91 Å². The smallest absolute Gasteiger partial charge is 0.417 e. The maximum atomic E-state index is 13.0. The van der Waals surface area contributed by atoms with Gasteiger partial charge in [-0.3, -0.25) is 4.79 Å². The van der Waals surface area contributed by atoms with Crippen molar-refractivity contribution >= 4 is 23.3 Å². The van der Waals surface area contributed by atoms with Gasteiger partial charge in [0.05, 0.1) is 10.6 Å². The average molecular weight is 468 g/mol. The van der Waals surface area contributed by atoms with E-state index in [0.29, 0.717) is 50.8 Å². The van der Waals surface area contributed by atoms with Crippen LogP contribution in [0.15, 0.2) is 36.5 Å². The molecule has 0 aliphatic carbocycles. The molecule has 3 heterocycles. The number of aromatic hydroxyl groups is 1. The number of carbonyl (C=O) groups excluding carboxylic acids is 1. The Bertz CT molecular complexity index is 952. The molecule has 1 aromatic heterocycles. The number of carbonyl (C=O) groups is 1. The van der Waals surface area contributed by atoms with Crippen molar-refractivity contribution in [2.45, 2.75) is 37.8 Å². The molecular weight excluding hydrogens is 443 g/mol. The van der Waals surface area contributed by atoms with E-state index in [1.807, 2.05) is 21.9 Å². The van der Waals surface area contributed by atoms with Gasteiger partial charge in [0.15, 0.2) is 0 Å². The average Bonchev–Trinajstić information content (AvgIpc) is 2.79. The van der Waals surface area contributed by atoms with E-state index in [4.69, 9.17) is 11.6 Å². The molecule has 0 radical (unpaired) electrons. The molecular formula is C23H25ClF3N3O2. The summed E-state index contributed by atoms with van der Waals surface area (Å²) in [6.45, 7) is 2.46. The molecule has 172 valence electrons. The van der Waals surface area contributed by atoms with Crippen molar-refractivity contribution in [2.24, 2.45) is 5.92 Å². The Morgan fingerprint density at radius 3 is 2.22 bits per heavy atom. The minimum Gasteiger partial charge on any atom is -0.508 e. The molecule has 2 fully saturated rings. The Kier molecular flexibility index (Phi) is 6.51. The molecule has 9 heteroatoms. The molecule has 2 aliphatic heterocycles. The first-order valence-electron chi connectivity index (χ1n) is 10.8. The first-order valence-corrected chi connectivity index (χ1v) is 11.2. The van der Waals surface area contributed by atoms with Crippen LogP contribution in [-0.4, -0.2) is 47.1 Å². The van der Waals surface area contributed by atoms with E-state index in [2.05, 4.69) is 4.98 Å². The lowest BCUT2D eigenvalue weighted by atomic mass is 9.88. The third-order valence-corrected chi connectivity index (χ3v) is 6.74. The van der Waals surface area contributed by atoms with Gasteiger partial charge in [0, 0.05) is 38.3 Å². The lowest BCUT2D eigenvalue weighted by Gasteiger charge is -2.38. The van der Waals surface area contributed by atoms with Crippen LogP contribution in [0.25, 0.3) is 0 Å². The van der Waals surface area contributed by atoms with Gasteiger partial charge >= 0.3 is 6.18 Å². The molecule has 2 aromatic rings. The number of likely N-dealkylation sites (tertiary alicyclic amines) is 1. The highest BCUT2D eigenvalue weighted by molar-refractivity contribution is 6.33. The normalized spacial score (nSPS) is 18.8. The largest absolute Gasteiger partial charge is 0.508 e. The van der Waals surface area contributed by atoms with Gasteiger partial charge in [0.1, 0.15) is 11.6 Å². The second-order valence-corrected chi connectivity index (χ2v) is 8.89. The number of anilines is 1. The number of alkyl halides is 3. The van der Waals surface area contributed by atoms with Gasteiger partial charge in [-0.15, -0.1) is 0 Å². The van der Waals surface area contributed by atoms with Crippen LogP contribution in [0.4, 0.5) is 19.0 Å². The van der Waals surface area contributed by atoms with Crippen molar-refractivity contribution < 1.29 is 23.1 Å². The maximum absolute atomic E-state index is 13.0. The van der Waals surface area contributed by atoms with E-state index >= 15 is 0 Å². The van der Waals surface area contributed by atoms with Gasteiger partial charge in [0.25, 0.3) is 0 Å². The summed E-state index contributed by atoms with van der Waals surface area (Å²) in [5.74, 6) is 1.03. The molecule has 2 aliphatic rings. The third kappa shape index (κ3) is 4.95. The number of halogens is 4. The fourth-order valence-corrected chi connectivity index (χ4v) is 4.88. The molecule has 1 N–H and O–H groups in total. The van der Waals surface area contributed by atoms with Crippen LogP contribution in [0.2, 0.25) is 5.02 Å². The first kappa shape index (κ1) is 22.7. The highest BCUT2D eigenvalue weighted by Crippen LogP contribution is 2.35. The molecule has 1 amide bonds. The number of phenols is 1. The summed E-state index contributed by atoms with van der Waals surface area (Å²) in [6.07, 6.45) is -0.659. The summed E-state index contributed by atoms with van der Waals surface area (Å²) in [6, 6.07) is 8.16. The van der Waals surface area contributed by atoms with E-state index < -0.39 is 11.7 Å². The van der Waals surface area contributed by atoms with Crippen LogP contribution in [-0.2, 0) is 11.0 Å². The minimum absolute atomic E-state index is 0.0269. The number of amides is 1. The predicted molar refractivity (Wildman–Crippen MR) is 116 cm³/mol. The van der Waals surface area contributed by atoms with E-state index in [-0.39, 0.29) is 22.6 Å². The fraction of sp³-hybridized carbons (Fsp3) is 0.478. The van der Waals surface area contributed by atoms with Crippen molar-refractivity contribution in [2.75, 3.05) is 31.1 Å². The van der Waals surface area contributed by atoms with Gasteiger partial charge in [-0.2, -0.15) is 13.2 Å². The van der Waals surface area contributed by atoms with E-state index in [1.54, 1.807) is 12.1 Å². The van der Waals surface area contributed by atoms with E-state index in [1.165, 1.54) is 5.56 Å². The van der Waals surface area contributed by atoms with Gasteiger partial charge < -0.3 is 14.9 Å². The van der Waals surface area contributed by atoms with Gasteiger partial charge in [-0.1, -0.05) is 23.7 Å². The monoisotopic (exact) mass is 467 g/mol. The maximum Gasteiger partial charge on any atom is 0.417 e. The molecule has 0 bridgehead atoms. The Morgan fingerprint density at radius 1 is 1.03 bits per heavy atom. The second-order valence-electron chi connectivity index (χ2n) is 8.48. The summed E-state index contributed by atoms with van der Waals surface area (Å²) in [4.78, 5) is 20.7. The Hall–Kier alpha value is -2.48. The van der Waals surface area contributed by atoms with Crippen molar-refractivity contribution in [1.29, 1.82) is 0 Å². The van der Waals surface area contributed by atoms with Crippen LogP contribution in [0.3, 0.4) is 0 Å². The summed E-state index contributed by atoms with van der Waals surface area (Å²) in [5.41, 5.74) is 0.316. The summed E-state index contributed by atoms with van der Waals surface area (Å²) >= 11 is 6.07. The zero-order valence-electron chi connectivity index (χ0n) is 17.5. The van der Waals surface area contributed by atoms with Gasteiger partial charge in [-0.25, -0.2) is 4.98 Å². The Morgan fingerprint density at radius 2 is 1.66 bits per heavy atom. The molecule has 2 saturated heterocycles. The third-order valence-electron chi connectivity index (χ3n) is 6.46. The Labute approximate surface area is 189 Å². The number of aromatic nitrogens is 1. The number of nitrogens with zero attached hydrogens (tertiary/aromatic N) is 3. The standard InChI is InChI=1S/C23H25ClF3N3O2/c24-20-13-18(23(25,26)27)14-28-21(20)29-9-7-17(8-10-29)22(32)30-11-5-16(6-12-30)15-1-3-19(31)4-2-15/h1-4,13-14,16-17,31H,5-12H2. The number of phenolic OH excluding ortho intramolecular Hbond substituents is 1. The van der Waals surface area contributed by atoms with Gasteiger partial charge in [-0.05, 0) is 55.4 Å². The molecule has 32 heavy (non-hydrogen) atoms. The zero-order valence-corrected chi connectivity index (χ0v) is 18.2. The quantitative estimate of drug-likeness (QED) is 0.683. The molecule has 0 spiro atoms. The lowest BCUT2D eigenvalue weighted by Crippen LogP contribution is -2.45. The minimum atomic E-state index is -4.48. The number of piperidine rings is 2. The van der Waals surface area contributed by atoms with Crippen molar-refractivity contribution in [3.63, 3.8) is 0 Å². The number of benzene rings is 1. The van der Waals surface area contributed by atoms with E-state index in [9.17, 15) is 23.1 Å². The number of hydrogen-bond donors (Lipinski definition) is 1. The van der Waals surface area contributed by atoms with Crippen LogP contribution < -0.4 is 4.90 Å². The molecule has 4 rings (SSSR count). The zero-order chi connectivity index (χ0) is 22.9. The molecule has 0 atom stereocenters. The first-order chi connectivity index (χ1) is 15.2. The van der Waals surface area contributed by atoms with Crippen LogP contribution in [0.1, 0.15) is 42.7 Å². The number of pyridine rings is 1. The molecule has 0 saturated carbocycles. The number of rotatable bonds is 3. The van der Waals surface area contributed by atoms with Crippen molar-refractivity contribution in [3.8, 4) is 5.75 Å². The van der Waals surface area contributed by atoms with E-state index in [0.717, 1.165) is 25.1 Å². The molecule has 1 aromatic carbocycles. The SMILES string of the molecule is O=C(C1CCN(c2ncc(C(F)(F)F)cc2Cl)CC1)N1CCC(c2ccc(O)cc2)CC1. The summed E-state index contributed by atoms with van der Waals surface area (Å²) in [7, 11) is 0. The summed E-state index contributed by atoms with van der Waals surface area (Å²) < 4.78 is 38.5. The predicted octanol–water partition coefficient (Wildman–Crippen LogP) is 5.08. The molecule has 5 nitrogen and oxygen atoms in total. The topological polar surface area (TPSA) is 56.7 Å². The molecule has 0 unspecified atom stereocenters. The second kappa shape index (κ2) is 9.17. The van der Waals surface area contributed by atoms with Crippen molar-refractivity contribution in [3.05, 3.63) is 52.7 Å². The lowest BCUT2D eigenvalue weighted by molar-refractivity contribution is -0.138. The van der Waals surface area contributed by atoms with Crippen LogP contribution in [0, 0.1) is 5.92 Å². The fourth-order valence-electron chi connectivity index (χ4n) is 4.59. The Balaban J connectivity index is 1.30. The highest BCUT2D eigenvalue weighted by Gasteiger charge is 2.34. The van der Waals surface area contributed by atoms with Crippen LogP contribution >= 0.6 is 11.6 Å². The summed E-state index contributed by atoms with van der Waals surface area (Å²) in [5, 5.41) is 9.43. The number of hydrogen-bond acceptors (Lipinski definition) is 4. The van der Waals surface area contributed by atoms with Crippen LogP contribution in [0.5, 0.6) is 5.75 Å². The highest BCUT2D eigenvalue weighted by atomic mass is 35.5. The van der Waals surface area contributed by atoms with Crippen molar-refractivity contribution in [1.82, 2.24) is 9.88 Å².